The zero-order valence-electron chi connectivity index (χ0n) is 12.5. The molecule has 2 heterocycles. The summed E-state index contributed by atoms with van der Waals surface area (Å²) in [5.41, 5.74) is 2.35. The number of nitrogens with zero attached hydrogens (tertiary/aromatic N) is 2. The van der Waals surface area contributed by atoms with Crippen molar-refractivity contribution in [3.05, 3.63) is 47.1 Å². The van der Waals surface area contributed by atoms with E-state index in [4.69, 9.17) is 4.74 Å². The van der Waals surface area contributed by atoms with E-state index in [0.29, 0.717) is 11.8 Å². The maximum atomic E-state index is 5.97. The molecular formula is C16H19N3OS. The van der Waals surface area contributed by atoms with E-state index in [-0.39, 0.29) is 0 Å². The summed E-state index contributed by atoms with van der Waals surface area (Å²) in [6.45, 7) is 5.09. The maximum Gasteiger partial charge on any atom is 0.243 e. The summed E-state index contributed by atoms with van der Waals surface area (Å²) < 4.78 is 8.04. The van der Waals surface area contributed by atoms with Gasteiger partial charge in [0.1, 0.15) is 11.4 Å². The van der Waals surface area contributed by atoms with Crippen molar-refractivity contribution < 1.29 is 4.74 Å². The third-order valence-corrected chi connectivity index (χ3v) is 4.19. The Morgan fingerprint density at radius 2 is 2.05 bits per heavy atom. The Hall–Kier alpha value is -1.85. The molecule has 0 saturated heterocycles. The Balaban J connectivity index is 1.89. The van der Waals surface area contributed by atoms with Crippen LogP contribution < -0.4 is 10.1 Å². The summed E-state index contributed by atoms with van der Waals surface area (Å²) in [6.07, 6.45) is 2.02. The standard InChI is InChI=1S/C16H19N3OS/c1-11(2)12-4-6-13(7-5-12)20-15-14(10-17-3)19-8-9-21-16(19)18-15/h4-9,11,17H,10H2,1-3H3. The average Bonchev–Trinajstić information content (AvgIpc) is 3.03. The van der Waals surface area contributed by atoms with Gasteiger partial charge in [0.05, 0.1) is 0 Å². The number of rotatable bonds is 5. The summed E-state index contributed by atoms with van der Waals surface area (Å²) in [7, 11) is 1.92. The Bertz CT molecular complexity index is 728. The lowest BCUT2D eigenvalue weighted by molar-refractivity contribution is 0.457. The van der Waals surface area contributed by atoms with Crippen LogP contribution >= 0.6 is 11.3 Å². The van der Waals surface area contributed by atoms with Crippen LogP contribution in [0.5, 0.6) is 11.6 Å². The molecule has 0 bridgehead atoms. The summed E-state index contributed by atoms with van der Waals surface area (Å²) in [5, 5.41) is 5.20. The minimum Gasteiger partial charge on any atom is -0.437 e. The fraction of sp³-hybridized carbons (Fsp3) is 0.312. The van der Waals surface area contributed by atoms with Crippen LogP contribution in [-0.2, 0) is 6.54 Å². The number of thiazole rings is 1. The van der Waals surface area contributed by atoms with Gasteiger partial charge < -0.3 is 10.1 Å². The average molecular weight is 301 g/mol. The molecule has 0 aliphatic carbocycles. The first-order valence-electron chi connectivity index (χ1n) is 7.06. The second-order valence-electron chi connectivity index (χ2n) is 5.28. The molecule has 1 N–H and O–H groups in total. The van der Waals surface area contributed by atoms with Crippen molar-refractivity contribution in [2.45, 2.75) is 26.3 Å². The predicted molar refractivity (Wildman–Crippen MR) is 86.4 cm³/mol. The van der Waals surface area contributed by atoms with Gasteiger partial charge in [0.15, 0.2) is 4.96 Å². The third kappa shape index (κ3) is 2.80. The Morgan fingerprint density at radius 1 is 1.29 bits per heavy atom. The van der Waals surface area contributed by atoms with Crippen molar-refractivity contribution >= 4 is 16.3 Å². The predicted octanol–water partition coefficient (Wildman–Crippen LogP) is 4.03. The molecule has 0 saturated carbocycles. The number of imidazole rings is 1. The third-order valence-electron chi connectivity index (χ3n) is 3.43. The highest BCUT2D eigenvalue weighted by Crippen LogP contribution is 2.28. The van der Waals surface area contributed by atoms with Crippen LogP contribution in [0.4, 0.5) is 0 Å². The number of benzene rings is 1. The van der Waals surface area contributed by atoms with Gasteiger partial charge in [0.2, 0.25) is 5.88 Å². The van der Waals surface area contributed by atoms with E-state index in [1.54, 1.807) is 11.3 Å². The van der Waals surface area contributed by atoms with Gasteiger partial charge in [-0.15, -0.1) is 11.3 Å². The molecule has 0 aliphatic rings. The van der Waals surface area contributed by atoms with Gasteiger partial charge in [-0.05, 0) is 30.7 Å². The Morgan fingerprint density at radius 3 is 2.71 bits per heavy atom. The molecule has 21 heavy (non-hydrogen) atoms. The van der Waals surface area contributed by atoms with Crippen LogP contribution in [0.15, 0.2) is 35.8 Å². The van der Waals surface area contributed by atoms with Crippen molar-refractivity contribution in [1.29, 1.82) is 0 Å². The lowest BCUT2D eigenvalue weighted by Crippen LogP contribution is -2.08. The largest absolute Gasteiger partial charge is 0.437 e. The fourth-order valence-electron chi connectivity index (χ4n) is 2.26. The number of ether oxygens (including phenoxy) is 1. The molecule has 0 radical (unpaired) electrons. The molecule has 4 nitrogen and oxygen atoms in total. The summed E-state index contributed by atoms with van der Waals surface area (Å²) >= 11 is 1.61. The first kappa shape index (κ1) is 14.1. The highest BCUT2D eigenvalue weighted by atomic mass is 32.1. The normalized spacial score (nSPS) is 11.4. The van der Waals surface area contributed by atoms with Crippen LogP contribution in [0, 0.1) is 0 Å². The Kier molecular flexibility index (Phi) is 3.94. The molecule has 5 heteroatoms. The molecule has 0 spiro atoms. The number of fused-ring (bicyclic) bond motifs is 1. The highest BCUT2D eigenvalue weighted by molar-refractivity contribution is 7.15. The number of aromatic nitrogens is 2. The van der Waals surface area contributed by atoms with Crippen molar-refractivity contribution in [3.63, 3.8) is 0 Å². The monoisotopic (exact) mass is 301 g/mol. The van der Waals surface area contributed by atoms with E-state index in [0.717, 1.165) is 22.9 Å². The van der Waals surface area contributed by atoms with E-state index in [2.05, 4.69) is 40.7 Å². The first-order chi connectivity index (χ1) is 10.2. The summed E-state index contributed by atoms with van der Waals surface area (Å²) in [6, 6.07) is 8.23. The van der Waals surface area contributed by atoms with E-state index in [9.17, 15) is 0 Å². The molecule has 110 valence electrons. The number of hydrogen-bond donors (Lipinski definition) is 1. The summed E-state index contributed by atoms with van der Waals surface area (Å²) in [4.78, 5) is 5.52. The number of nitrogens with one attached hydrogen (secondary N) is 1. The smallest absolute Gasteiger partial charge is 0.243 e. The van der Waals surface area contributed by atoms with E-state index in [1.807, 2.05) is 30.8 Å². The van der Waals surface area contributed by atoms with Gasteiger partial charge in [-0.25, -0.2) is 0 Å². The van der Waals surface area contributed by atoms with Gasteiger partial charge in [-0.3, -0.25) is 4.40 Å². The zero-order chi connectivity index (χ0) is 14.8. The number of hydrogen-bond acceptors (Lipinski definition) is 4. The lowest BCUT2D eigenvalue weighted by atomic mass is 10.0. The second kappa shape index (κ2) is 5.87. The van der Waals surface area contributed by atoms with Crippen LogP contribution in [0.3, 0.4) is 0 Å². The zero-order valence-corrected chi connectivity index (χ0v) is 13.3. The van der Waals surface area contributed by atoms with Crippen LogP contribution in [-0.4, -0.2) is 16.4 Å². The minimum absolute atomic E-state index is 0.525. The van der Waals surface area contributed by atoms with Crippen LogP contribution in [0.25, 0.3) is 4.96 Å². The second-order valence-corrected chi connectivity index (χ2v) is 6.15. The molecule has 0 aliphatic heterocycles. The lowest BCUT2D eigenvalue weighted by Gasteiger charge is -2.08. The quantitative estimate of drug-likeness (QED) is 0.773. The van der Waals surface area contributed by atoms with Gasteiger partial charge in [-0.1, -0.05) is 26.0 Å². The molecule has 0 unspecified atom stereocenters. The SMILES string of the molecule is CNCc1c(Oc2ccc(C(C)C)cc2)nc2sccn12. The minimum atomic E-state index is 0.525. The molecule has 0 atom stereocenters. The Labute approximate surface area is 128 Å². The molecule has 3 rings (SSSR count). The first-order valence-corrected chi connectivity index (χ1v) is 7.94. The molecular weight excluding hydrogens is 282 g/mol. The van der Waals surface area contributed by atoms with Crippen molar-refractivity contribution in [2.75, 3.05) is 7.05 Å². The molecule has 0 fully saturated rings. The summed E-state index contributed by atoms with van der Waals surface area (Å²) in [5.74, 6) is 2.02. The van der Waals surface area contributed by atoms with Gasteiger partial charge >= 0.3 is 0 Å². The van der Waals surface area contributed by atoms with Gasteiger partial charge in [0, 0.05) is 18.1 Å². The maximum absolute atomic E-state index is 5.97. The van der Waals surface area contributed by atoms with Crippen LogP contribution in [0.2, 0.25) is 0 Å². The van der Waals surface area contributed by atoms with Crippen molar-refractivity contribution in [3.8, 4) is 11.6 Å². The fourth-order valence-corrected chi connectivity index (χ4v) is 2.98. The van der Waals surface area contributed by atoms with Gasteiger partial charge in [0.25, 0.3) is 0 Å². The molecule has 2 aromatic heterocycles. The van der Waals surface area contributed by atoms with E-state index in [1.165, 1.54) is 5.56 Å². The highest BCUT2D eigenvalue weighted by Gasteiger charge is 2.14. The molecule has 3 aromatic rings. The topological polar surface area (TPSA) is 38.6 Å². The van der Waals surface area contributed by atoms with E-state index < -0.39 is 0 Å². The van der Waals surface area contributed by atoms with Crippen molar-refractivity contribution in [2.24, 2.45) is 0 Å². The molecule has 1 aromatic carbocycles. The van der Waals surface area contributed by atoms with E-state index >= 15 is 0 Å². The van der Waals surface area contributed by atoms with Crippen molar-refractivity contribution in [1.82, 2.24) is 14.7 Å². The van der Waals surface area contributed by atoms with Gasteiger partial charge in [-0.2, -0.15) is 4.98 Å². The molecule has 0 amide bonds. The van der Waals surface area contributed by atoms with Crippen LogP contribution in [0.1, 0.15) is 31.0 Å².